The Labute approximate surface area is 811 Å². The average molecular weight is 1960 g/mol. The molecule has 0 radical (unpaired) electrons. The van der Waals surface area contributed by atoms with Crippen LogP contribution in [0.25, 0.3) is 22.3 Å². The van der Waals surface area contributed by atoms with Crippen molar-refractivity contribution in [1.82, 2.24) is 93.8 Å². The second kappa shape index (κ2) is 52.9. The molecule has 2 aromatic heterocycles. The number of aliphatic carboxylic acids is 1. The summed E-state index contributed by atoms with van der Waals surface area (Å²) in [5.41, 5.74) is 15.2. The number of benzene rings is 4. The maximum Gasteiger partial charge on any atom is 0.335 e. The molecule has 139 heavy (non-hydrogen) atoms. The normalized spacial score (nSPS) is 22.6. The second-order valence-electron chi connectivity index (χ2n) is 35.3. The molecule has 3 aliphatic rings. The number of aromatic amines is 1. The summed E-state index contributed by atoms with van der Waals surface area (Å²) in [5.74, 6) is -20.2. The van der Waals surface area contributed by atoms with Crippen LogP contribution < -0.4 is 85.9 Å². The number of guanidine groups is 1. The third kappa shape index (κ3) is 34.2. The average Bonchev–Trinajstić information content (AvgIpc) is 1.71. The van der Waals surface area contributed by atoms with Gasteiger partial charge in [0.05, 0.1) is 44.0 Å². The molecule has 0 aliphatic carbocycles. The molecule has 3 fully saturated rings. The molecule has 0 spiro atoms. The van der Waals surface area contributed by atoms with Crippen LogP contribution in [0, 0.1) is 23.2 Å². The van der Waals surface area contributed by atoms with E-state index in [0.29, 0.717) is 38.4 Å². The van der Waals surface area contributed by atoms with Gasteiger partial charge in [-0.1, -0.05) is 120 Å². The van der Waals surface area contributed by atoms with E-state index in [-0.39, 0.29) is 127 Å². The predicted molar refractivity (Wildman–Crippen MR) is 514 cm³/mol. The molecule has 5 heterocycles. The number of rotatable bonds is 27. The number of likely N-dealkylation sites (N-methyl/N-ethyl adjacent to an activating group) is 1. The number of carbonyl (C=O) groups excluding carboxylic acids is 16. The standard InChI is InChI=1S/C94H124N22O21S2/c1-51(2)40-65-83(125)111-72(81(123)101-46-74(95)118)49-138-50-77(120)104-71(47-115-35-37-137-38-36-115)88(130)107-66(41-55-15-19-57(20-16-55)59-23-25-61(26-24-59)93(135)136)84(126)110-70(42-56-17-21-58(22-18-56)60-27-29-62(30-28-60)102-54(7)117)91(133)114(8)48-76(119)103-67(43-63-12-11-39-139-63)85(127)108-69(45-78(121)122)87(129)105-64(13-9-31-100-94(96)97)82(124)113-80(53(5)6)92(134)116-34-10-14-73(116)89(131)112-79(52(3)4)90(132)109-68(86(128)106-65)44-75-98-32-33-99-75/h11-12,15-30,32-33,39,51-53,64-73,79-80H,9-10,13-14,31,34-38,40-50H2,1-8H3,(H2,95,118)(H,98,99)(H,101,123)(H,102,117)(H,103,119)(H,104,120)(H,105,129)(H,106,128)(H,107,130)(H,108,127)(H,109,132)(H,110,126)(H,111,125)(H,112,131)(H,113,124)(H,121,122)(H,135,136)(H4,96,97,100)/t64-,65+,66+,67+,68+,69+,70+,71+,72+,73+,79+,80+/m1/s1. The molecule has 0 unspecified atom stereocenters. The highest BCUT2D eigenvalue weighted by atomic mass is 32.2. The lowest BCUT2D eigenvalue weighted by molar-refractivity contribution is -0.144. The van der Waals surface area contributed by atoms with Crippen molar-refractivity contribution in [1.29, 1.82) is 5.41 Å². The van der Waals surface area contributed by atoms with Gasteiger partial charge in [-0.25, -0.2) is 9.78 Å². The Balaban J connectivity index is 1.11. The van der Waals surface area contributed by atoms with Crippen LogP contribution in [0.15, 0.2) is 127 Å². The van der Waals surface area contributed by atoms with E-state index in [1.807, 2.05) is 4.90 Å². The Morgan fingerprint density at radius 2 is 1.09 bits per heavy atom. The first-order chi connectivity index (χ1) is 66.1. The summed E-state index contributed by atoms with van der Waals surface area (Å²) in [6.07, 6.45) is 0.492. The van der Waals surface area contributed by atoms with Crippen molar-refractivity contribution in [3.63, 3.8) is 0 Å². The first-order valence-corrected chi connectivity index (χ1v) is 47.7. The summed E-state index contributed by atoms with van der Waals surface area (Å²) >= 11 is 1.97. The summed E-state index contributed by atoms with van der Waals surface area (Å²) in [7, 11) is 1.24. The quantitative estimate of drug-likeness (QED) is 0.0172. The SMILES string of the molecule is CC(=O)Nc1ccc(-c2ccc(C[C@@H]3NC(=O)[C@H](Cc4ccc(-c5ccc(C(=O)O)cc5)cc4)NC(=O)[C@H](CN4CCOCC4)NC(=O)CSC[C@@H](C(=O)NCC(N)=O)NC(=O)[C@H](CC(C)C)NC(=O)[C@H](Cc4ncc[nH]4)NC(=O)[C@H](C(C)C)NC(=O)[C@@H]4CCCN4C(=O)[C@H](C(C)C)NC(=O)[C@@H](CCCNC(=N)N)NC(=O)[C@H](CC(=O)O)NC(=O)[C@H](Cc4cccs4)NC(=O)CN(C)C3=O)cc2)cc1. The Morgan fingerprint density at radius 3 is 1.65 bits per heavy atom. The minimum Gasteiger partial charge on any atom is -0.481 e. The fourth-order valence-corrected chi connectivity index (χ4v) is 17.4. The van der Waals surface area contributed by atoms with E-state index in [1.54, 1.807) is 144 Å². The molecular formula is C94H124N22O21S2. The van der Waals surface area contributed by atoms with Gasteiger partial charge in [-0.3, -0.25) is 91.8 Å². The highest BCUT2D eigenvalue weighted by molar-refractivity contribution is 8.00. The number of nitrogens with two attached hydrogens (primary N) is 2. The molecule has 0 saturated carbocycles. The predicted octanol–water partition coefficient (Wildman–Crippen LogP) is -0.709. The van der Waals surface area contributed by atoms with E-state index < -0.39 is 222 Å². The van der Waals surface area contributed by atoms with Gasteiger partial charge >= 0.3 is 11.9 Å². The largest absolute Gasteiger partial charge is 0.481 e. The Kier molecular flexibility index (Phi) is 41.3. The Morgan fingerprint density at radius 1 is 0.561 bits per heavy atom. The highest BCUT2D eigenvalue weighted by Gasteiger charge is 2.44. The van der Waals surface area contributed by atoms with E-state index in [4.69, 9.17) is 21.6 Å². The summed E-state index contributed by atoms with van der Waals surface area (Å²) in [6.45, 7) is 10.4. The Hall–Kier alpha value is -14.2. The number of thioether (sulfide) groups is 1. The van der Waals surface area contributed by atoms with E-state index in [0.717, 1.165) is 22.2 Å². The van der Waals surface area contributed by atoms with Gasteiger partial charge in [-0.2, -0.15) is 0 Å². The van der Waals surface area contributed by atoms with Crippen LogP contribution in [0.1, 0.15) is 119 Å². The number of imidazole rings is 1. The molecular weight excluding hydrogens is 1840 g/mol. The maximum absolute atomic E-state index is 15.8. The molecule has 3 saturated heterocycles. The monoisotopic (exact) mass is 1960 g/mol. The smallest absolute Gasteiger partial charge is 0.335 e. The number of nitrogens with one attached hydrogen (secondary N) is 16. The number of ether oxygens (including phenoxy) is 1. The van der Waals surface area contributed by atoms with Crippen LogP contribution in [0.2, 0.25) is 0 Å². The van der Waals surface area contributed by atoms with E-state index >= 15 is 19.2 Å². The van der Waals surface area contributed by atoms with Crippen molar-refractivity contribution in [3.05, 3.63) is 154 Å². The van der Waals surface area contributed by atoms with Gasteiger partial charge in [0.15, 0.2) is 5.96 Å². The summed E-state index contributed by atoms with van der Waals surface area (Å²) in [5, 5.41) is 66.8. The van der Waals surface area contributed by atoms with Crippen LogP contribution in [0.5, 0.6) is 0 Å². The molecule has 45 heteroatoms. The van der Waals surface area contributed by atoms with Gasteiger partial charge in [-0.15, -0.1) is 23.1 Å². The lowest BCUT2D eigenvalue weighted by Crippen LogP contribution is -2.62. The number of anilines is 1. The zero-order valence-electron chi connectivity index (χ0n) is 78.5. The first kappa shape index (κ1) is 108. The molecule has 43 nitrogen and oxygen atoms in total. The number of fused-ring (bicyclic) bond motifs is 1. The zero-order valence-corrected chi connectivity index (χ0v) is 80.2. The number of carbonyl (C=O) groups is 18. The number of thiophene rings is 1. The number of carboxylic acid groups (broad SMARTS) is 2. The van der Waals surface area contributed by atoms with Gasteiger partial charge in [-0.05, 0) is 119 Å². The number of amides is 16. The molecule has 12 atom stereocenters. The maximum atomic E-state index is 15.8. The molecule has 4 aromatic carbocycles. The van der Waals surface area contributed by atoms with Gasteiger partial charge in [0, 0.05) is 101 Å². The minimum atomic E-state index is -2.00. The van der Waals surface area contributed by atoms with E-state index in [2.05, 4.69) is 84.4 Å². The summed E-state index contributed by atoms with van der Waals surface area (Å²) < 4.78 is 5.64. The van der Waals surface area contributed by atoms with Crippen LogP contribution in [-0.2, 0) is 112 Å². The summed E-state index contributed by atoms with van der Waals surface area (Å²) in [4.78, 5) is 270. The van der Waals surface area contributed by atoms with Gasteiger partial charge in [0.1, 0.15) is 78.3 Å². The van der Waals surface area contributed by atoms with Crippen molar-refractivity contribution in [3.8, 4) is 22.3 Å². The second-order valence-corrected chi connectivity index (χ2v) is 37.4. The van der Waals surface area contributed by atoms with Crippen LogP contribution in [0.4, 0.5) is 5.69 Å². The fourth-order valence-electron chi connectivity index (χ4n) is 15.8. The molecule has 22 N–H and O–H groups in total. The number of morpholine rings is 1. The fraction of sp³-hybridized carbons (Fsp3) is 0.468. The van der Waals surface area contributed by atoms with Crippen molar-refractivity contribution >= 4 is 141 Å². The van der Waals surface area contributed by atoms with E-state index in [9.17, 15) is 77.3 Å². The van der Waals surface area contributed by atoms with Gasteiger partial charge < -0.3 is 116 Å². The number of H-pyrrole nitrogens is 1. The van der Waals surface area contributed by atoms with Crippen molar-refractivity contribution in [2.75, 3.05) is 82.9 Å². The van der Waals surface area contributed by atoms with Crippen molar-refractivity contribution in [2.24, 2.45) is 29.2 Å². The van der Waals surface area contributed by atoms with Gasteiger partial charge in [0.2, 0.25) is 94.5 Å². The van der Waals surface area contributed by atoms with E-state index in [1.165, 1.54) is 54.7 Å². The number of aromatic carboxylic acids is 1. The number of carboxylic acids is 2. The van der Waals surface area contributed by atoms with Crippen LogP contribution in [0.3, 0.4) is 0 Å². The lowest BCUT2D eigenvalue weighted by Gasteiger charge is -2.33. The number of nitrogens with zero attached hydrogens (tertiary/aromatic N) is 4. The number of primary amides is 1. The highest BCUT2D eigenvalue weighted by Crippen LogP contribution is 2.27. The van der Waals surface area contributed by atoms with Crippen molar-refractivity contribution in [2.45, 2.75) is 185 Å². The van der Waals surface area contributed by atoms with Crippen LogP contribution in [-0.4, -0.2) is 297 Å². The van der Waals surface area contributed by atoms with Crippen LogP contribution >= 0.6 is 23.1 Å². The van der Waals surface area contributed by atoms with Gasteiger partial charge in [0.25, 0.3) is 0 Å². The molecule has 16 amide bonds. The molecule has 9 rings (SSSR count). The topological polar surface area (TPSA) is 640 Å². The third-order valence-electron chi connectivity index (χ3n) is 23.1. The molecule has 748 valence electrons. The first-order valence-electron chi connectivity index (χ1n) is 45.7. The Bertz CT molecular complexity index is 5320. The molecule has 0 bridgehead atoms. The third-order valence-corrected chi connectivity index (χ3v) is 25.0. The lowest BCUT2D eigenvalue weighted by atomic mass is 9.98. The molecule has 6 aromatic rings. The number of hydrogen-bond donors (Lipinski definition) is 20. The number of hydrogen-bond acceptors (Lipinski definition) is 24. The summed E-state index contributed by atoms with van der Waals surface area (Å²) in [6, 6.07) is 11.1. The van der Waals surface area contributed by atoms with Crippen molar-refractivity contribution < 1.29 is 101 Å². The zero-order chi connectivity index (χ0) is 101. The minimum absolute atomic E-state index is 0.00443. The number of aromatic nitrogens is 2. The molecule has 3 aliphatic heterocycles.